The fourth-order valence-electron chi connectivity index (χ4n) is 2.12. The largest absolute Gasteiger partial charge is 0.428 e. The summed E-state index contributed by atoms with van der Waals surface area (Å²) in [4.78, 5) is 26.6. The molecule has 1 aromatic heterocycles. The lowest BCUT2D eigenvalue weighted by atomic mass is 10.0. The minimum atomic E-state index is -5.11. The van der Waals surface area contributed by atoms with Crippen molar-refractivity contribution < 1.29 is 31.9 Å². The van der Waals surface area contributed by atoms with Crippen molar-refractivity contribution in [1.82, 2.24) is 10.3 Å². The highest BCUT2D eigenvalue weighted by molar-refractivity contribution is 6.11. The predicted molar refractivity (Wildman–Crippen MR) is 77.1 cm³/mol. The summed E-state index contributed by atoms with van der Waals surface area (Å²) in [5, 5.41) is 2.13. The van der Waals surface area contributed by atoms with Crippen molar-refractivity contribution in [3.8, 4) is 0 Å². The van der Waals surface area contributed by atoms with Gasteiger partial charge < -0.3 is 15.0 Å². The van der Waals surface area contributed by atoms with Crippen molar-refractivity contribution >= 4 is 22.6 Å². The van der Waals surface area contributed by atoms with E-state index in [0.717, 1.165) is 6.92 Å². The van der Waals surface area contributed by atoms with Gasteiger partial charge in [0.1, 0.15) is 0 Å². The fraction of sp³-hybridized carbons (Fsp3) is 0.333. The number of para-hydroxylation sites is 1. The number of hydrogen-bond donors (Lipinski definition) is 2. The summed E-state index contributed by atoms with van der Waals surface area (Å²) < 4.78 is 56.2. The Kier molecular flexibility index (Phi) is 4.66. The van der Waals surface area contributed by atoms with Crippen LogP contribution in [-0.4, -0.2) is 41.9 Å². The minimum absolute atomic E-state index is 0.153. The number of Topliss-reactive ketones (excluding diaryl/α,β-unsaturated/α-hetero) is 1. The third-order valence-electron chi connectivity index (χ3n) is 3.50. The number of benzene rings is 1. The van der Waals surface area contributed by atoms with Crippen LogP contribution in [0.15, 0.2) is 30.5 Å². The van der Waals surface area contributed by atoms with Gasteiger partial charge >= 0.3 is 17.9 Å². The Bertz CT molecular complexity index is 773. The van der Waals surface area contributed by atoms with Gasteiger partial charge in [0, 0.05) is 29.8 Å². The van der Waals surface area contributed by atoms with E-state index in [9.17, 15) is 27.2 Å². The van der Waals surface area contributed by atoms with Gasteiger partial charge in [-0.3, -0.25) is 9.59 Å². The van der Waals surface area contributed by atoms with Crippen LogP contribution in [0.1, 0.15) is 17.3 Å². The topological polar surface area (TPSA) is 71.2 Å². The van der Waals surface area contributed by atoms with E-state index in [1.165, 1.54) is 6.20 Å². The maximum absolute atomic E-state index is 13.4. The van der Waals surface area contributed by atoms with Crippen LogP contribution in [0, 0.1) is 0 Å². The number of alkyl halides is 4. The lowest BCUT2D eigenvalue weighted by Gasteiger charge is -2.24. The number of H-pyrrole nitrogens is 1. The molecule has 2 N–H and O–H groups in total. The van der Waals surface area contributed by atoms with Crippen LogP contribution < -0.4 is 5.32 Å². The summed E-state index contributed by atoms with van der Waals surface area (Å²) in [7, 11) is 0.349. The maximum Gasteiger partial charge on any atom is 0.428 e. The Balaban J connectivity index is 2.19. The van der Waals surface area contributed by atoms with Crippen LogP contribution in [-0.2, 0) is 9.53 Å². The fourth-order valence-corrected chi connectivity index (χ4v) is 2.12. The monoisotopic (exact) mass is 346 g/mol. The van der Waals surface area contributed by atoms with Gasteiger partial charge in [-0.15, -0.1) is 0 Å². The van der Waals surface area contributed by atoms with Gasteiger partial charge in [0.2, 0.25) is 0 Å². The van der Waals surface area contributed by atoms with E-state index in [0.29, 0.717) is 18.0 Å². The molecule has 0 aliphatic heterocycles. The number of ketones is 1. The number of fused-ring (bicyclic) bond motifs is 1. The third-order valence-corrected chi connectivity index (χ3v) is 3.50. The van der Waals surface area contributed by atoms with Crippen molar-refractivity contribution in [3.05, 3.63) is 36.0 Å². The smallest absolute Gasteiger partial charge is 0.360 e. The number of ether oxygens (including phenoxy) is 1. The normalized spacial score (nSPS) is 13.8. The highest BCUT2D eigenvalue weighted by Crippen LogP contribution is 2.35. The van der Waals surface area contributed by atoms with Crippen LogP contribution in [0.5, 0.6) is 0 Å². The first-order valence-electron chi connectivity index (χ1n) is 6.84. The molecular weight excluding hydrogens is 332 g/mol. The molecule has 0 fully saturated rings. The Morgan fingerprint density at radius 3 is 2.46 bits per heavy atom. The first-order chi connectivity index (χ1) is 11.1. The number of amides is 1. The molecule has 0 aliphatic rings. The van der Waals surface area contributed by atoms with E-state index < -0.39 is 29.8 Å². The summed E-state index contributed by atoms with van der Waals surface area (Å²) in [6.45, 7) is 1.13. The number of nitrogens with one attached hydrogen (secondary N) is 2. The molecular formula is C15H14F4N2O3. The molecule has 1 atom stereocenters. The van der Waals surface area contributed by atoms with Crippen LogP contribution in [0.25, 0.3) is 10.9 Å². The molecule has 0 radical (unpaired) electrons. The number of methoxy groups -OCH3 is 1. The van der Waals surface area contributed by atoms with E-state index in [2.05, 4.69) is 9.72 Å². The van der Waals surface area contributed by atoms with E-state index in [1.807, 2.05) is 0 Å². The molecule has 0 saturated carbocycles. The number of aromatic nitrogens is 1. The molecule has 1 aromatic carbocycles. The quantitative estimate of drug-likeness (QED) is 0.624. The summed E-state index contributed by atoms with van der Waals surface area (Å²) in [6, 6.07) is 5.29. The Labute approximate surface area is 134 Å². The molecule has 2 rings (SSSR count). The zero-order valence-electron chi connectivity index (χ0n) is 12.7. The molecule has 0 unspecified atom stereocenters. The first kappa shape index (κ1) is 17.9. The molecule has 0 bridgehead atoms. The van der Waals surface area contributed by atoms with E-state index in [1.54, 1.807) is 29.6 Å². The van der Waals surface area contributed by atoms with Crippen LogP contribution >= 0.6 is 0 Å². The number of rotatable bonds is 6. The number of carbonyl (C=O) groups excluding carboxylic acids is 2. The van der Waals surface area contributed by atoms with Gasteiger partial charge in [0.05, 0.1) is 6.04 Å². The lowest BCUT2D eigenvalue weighted by molar-refractivity contribution is -0.323. The van der Waals surface area contributed by atoms with Gasteiger partial charge in [0.15, 0.2) is 5.78 Å². The summed E-state index contributed by atoms with van der Waals surface area (Å²) in [5.41, 5.74) is 0.788. The summed E-state index contributed by atoms with van der Waals surface area (Å²) >= 11 is 0. The Hall–Kier alpha value is -2.42. The molecule has 0 aliphatic carbocycles. The second kappa shape index (κ2) is 6.23. The average Bonchev–Trinajstić information content (AvgIpc) is 2.97. The van der Waals surface area contributed by atoms with Crippen molar-refractivity contribution in [2.24, 2.45) is 0 Å². The van der Waals surface area contributed by atoms with E-state index >= 15 is 0 Å². The van der Waals surface area contributed by atoms with Crippen molar-refractivity contribution in [1.29, 1.82) is 0 Å². The standard InChI is InChI=1S/C15H14F4N2O3/c1-8(21-13(23)14(16,17)15(18,19)24-2)12(22)10-7-20-11-6-4-3-5-9(10)11/h3-8,20H,1-2H3,(H,21,23)/t8-/m1/s1. The summed E-state index contributed by atoms with van der Waals surface area (Å²) in [6.07, 6.45) is -3.63. The number of hydrogen-bond acceptors (Lipinski definition) is 3. The SMILES string of the molecule is COC(F)(F)C(F)(F)C(=O)N[C@H](C)C(=O)c1c[nH]c2ccccc12. The number of aromatic amines is 1. The number of carbonyl (C=O) groups is 2. The molecule has 1 amide bonds. The third kappa shape index (κ3) is 2.99. The Morgan fingerprint density at radius 2 is 1.83 bits per heavy atom. The Morgan fingerprint density at radius 1 is 1.21 bits per heavy atom. The van der Waals surface area contributed by atoms with Crippen molar-refractivity contribution in [2.45, 2.75) is 25.0 Å². The van der Waals surface area contributed by atoms with Gasteiger partial charge in [-0.25, -0.2) is 0 Å². The van der Waals surface area contributed by atoms with Crippen molar-refractivity contribution in [3.63, 3.8) is 0 Å². The second-order valence-electron chi connectivity index (χ2n) is 5.10. The molecule has 0 saturated heterocycles. The van der Waals surface area contributed by atoms with Gasteiger partial charge in [-0.1, -0.05) is 18.2 Å². The second-order valence-corrected chi connectivity index (χ2v) is 5.10. The van der Waals surface area contributed by atoms with Gasteiger partial charge in [-0.2, -0.15) is 17.6 Å². The first-order valence-corrected chi connectivity index (χ1v) is 6.84. The summed E-state index contributed by atoms with van der Waals surface area (Å²) in [5.74, 6) is -8.11. The lowest BCUT2D eigenvalue weighted by Crippen LogP contribution is -2.56. The molecule has 0 spiro atoms. The molecule has 5 nitrogen and oxygen atoms in total. The molecule has 9 heteroatoms. The van der Waals surface area contributed by atoms with Crippen molar-refractivity contribution in [2.75, 3.05) is 7.11 Å². The zero-order valence-corrected chi connectivity index (χ0v) is 12.7. The van der Waals surface area contributed by atoms with Crippen LogP contribution in [0.2, 0.25) is 0 Å². The maximum atomic E-state index is 13.4. The van der Waals surface area contributed by atoms with E-state index in [-0.39, 0.29) is 5.56 Å². The number of halogens is 4. The highest BCUT2D eigenvalue weighted by Gasteiger charge is 2.63. The predicted octanol–water partition coefficient (Wildman–Crippen LogP) is 2.73. The molecule has 130 valence electrons. The molecule has 24 heavy (non-hydrogen) atoms. The van der Waals surface area contributed by atoms with Gasteiger partial charge in [0.25, 0.3) is 0 Å². The van der Waals surface area contributed by atoms with Crippen LogP contribution in [0.4, 0.5) is 17.6 Å². The van der Waals surface area contributed by atoms with E-state index in [4.69, 9.17) is 0 Å². The highest BCUT2D eigenvalue weighted by atomic mass is 19.3. The minimum Gasteiger partial charge on any atom is -0.360 e. The van der Waals surface area contributed by atoms with Gasteiger partial charge in [-0.05, 0) is 13.0 Å². The zero-order chi connectivity index (χ0) is 18.1. The molecule has 1 heterocycles. The molecule has 2 aromatic rings. The van der Waals surface area contributed by atoms with Crippen LogP contribution in [0.3, 0.4) is 0 Å². The average molecular weight is 346 g/mol.